The Kier molecular flexibility index (Phi) is 4.86. The normalized spacial score (nSPS) is 17.5. The largest absolute Gasteiger partial charge is 0.490 e. The van der Waals surface area contributed by atoms with Crippen molar-refractivity contribution in [3.8, 4) is 22.8 Å². The highest BCUT2D eigenvalue weighted by Gasteiger charge is 2.34. The zero-order chi connectivity index (χ0) is 21.4. The first-order valence-electron chi connectivity index (χ1n) is 10.4. The number of nitrogens with one attached hydrogen (secondary N) is 1. The van der Waals surface area contributed by atoms with E-state index in [9.17, 15) is 4.79 Å². The number of hydrogen-bond donors (Lipinski definition) is 1. The summed E-state index contributed by atoms with van der Waals surface area (Å²) in [6, 6.07) is 13.4. The van der Waals surface area contributed by atoms with Gasteiger partial charge in [0.15, 0.2) is 11.5 Å². The summed E-state index contributed by atoms with van der Waals surface area (Å²) >= 11 is 0. The molecule has 1 atom stereocenters. The minimum atomic E-state index is -0.375. The molecule has 7 heteroatoms. The summed E-state index contributed by atoms with van der Waals surface area (Å²) in [5.41, 5.74) is 4.07. The molecule has 0 bridgehead atoms. The molecule has 5 rings (SSSR count). The van der Waals surface area contributed by atoms with Gasteiger partial charge in [-0.2, -0.15) is 5.10 Å². The zero-order valence-electron chi connectivity index (χ0n) is 17.4. The van der Waals surface area contributed by atoms with Crippen molar-refractivity contribution in [1.82, 2.24) is 14.7 Å². The molecule has 0 unspecified atom stereocenters. The molecule has 1 N–H and O–H groups in total. The van der Waals surface area contributed by atoms with E-state index in [2.05, 4.69) is 11.9 Å². The maximum atomic E-state index is 13.2. The Bertz CT molecular complexity index is 1150. The van der Waals surface area contributed by atoms with E-state index in [1.807, 2.05) is 55.7 Å². The van der Waals surface area contributed by atoms with Gasteiger partial charge >= 0.3 is 0 Å². The van der Waals surface area contributed by atoms with E-state index in [1.54, 1.807) is 15.7 Å². The molecule has 0 fully saturated rings. The maximum absolute atomic E-state index is 13.2. The first-order valence-corrected chi connectivity index (χ1v) is 10.4. The summed E-state index contributed by atoms with van der Waals surface area (Å²) in [5, 5.41) is 8.24. The fraction of sp³-hybridized carbons (Fsp3) is 0.250. The molecule has 2 aliphatic rings. The molecule has 1 aromatic heterocycles. The minimum absolute atomic E-state index is 0.0345. The van der Waals surface area contributed by atoms with Crippen LogP contribution in [0.25, 0.3) is 11.3 Å². The van der Waals surface area contributed by atoms with Gasteiger partial charge < -0.3 is 19.7 Å². The van der Waals surface area contributed by atoms with Crippen LogP contribution in [0.1, 0.15) is 28.5 Å². The monoisotopic (exact) mass is 416 g/mol. The Morgan fingerprint density at radius 2 is 2.00 bits per heavy atom. The number of ether oxygens (including phenoxy) is 2. The Morgan fingerprint density at radius 3 is 2.84 bits per heavy atom. The van der Waals surface area contributed by atoms with Gasteiger partial charge in [0.2, 0.25) is 0 Å². The summed E-state index contributed by atoms with van der Waals surface area (Å²) in [7, 11) is 1.88. The Labute approximate surface area is 180 Å². The van der Waals surface area contributed by atoms with Crippen molar-refractivity contribution in [1.29, 1.82) is 0 Å². The van der Waals surface area contributed by atoms with Gasteiger partial charge in [0.05, 0.1) is 24.5 Å². The average Bonchev–Trinajstić information content (AvgIpc) is 3.01. The second-order valence-electron chi connectivity index (χ2n) is 7.66. The van der Waals surface area contributed by atoms with Gasteiger partial charge in [-0.1, -0.05) is 18.2 Å². The molecule has 2 aliphatic heterocycles. The number of benzene rings is 2. The molecule has 2 aromatic carbocycles. The third kappa shape index (κ3) is 3.42. The Balaban J connectivity index is 1.59. The lowest BCUT2D eigenvalue weighted by atomic mass is 10.0. The highest BCUT2D eigenvalue weighted by molar-refractivity contribution is 6.02. The Morgan fingerprint density at radius 1 is 1.19 bits per heavy atom. The number of aryl methyl sites for hydroxylation is 1. The second kappa shape index (κ2) is 7.83. The first-order chi connectivity index (χ1) is 15.2. The van der Waals surface area contributed by atoms with Crippen LogP contribution in [-0.2, 0) is 7.05 Å². The smallest absolute Gasteiger partial charge is 0.258 e. The Hall–Kier alpha value is -3.74. The second-order valence-corrected chi connectivity index (χ2v) is 7.66. The van der Waals surface area contributed by atoms with Crippen molar-refractivity contribution in [2.24, 2.45) is 7.05 Å². The van der Waals surface area contributed by atoms with Crippen LogP contribution < -0.4 is 14.8 Å². The van der Waals surface area contributed by atoms with Crippen molar-refractivity contribution in [3.05, 3.63) is 72.4 Å². The fourth-order valence-corrected chi connectivity index (χ4v) is 4.11. The van der Waals surface area contributed by atoms with Crippen molar-refractivity contribution in [2.45, 2.75) is 12.6 Å². The summed E-state index contributed by atoms with van der Waals surface area (Å²) in [6.07, 6.45) is 4.17. The SMILES string of the molecule is C=CCN1C(=O)c2ccccc2N[C@H]1c1cn(C)nc1-c1ccc2c(c1)OCCCO2. The fourth-order valence-electron chi connectivity index (χ4n) is 4.11. The van der Waals surface area contributed by atoms with Gasteiger partial charge in [-0.15, -0.1) is 6.58 Å². The van der Waals surface area contributed by atoms with Gasteiger partial charge in [0.1, 0.15) is 6.17 Å². The molecule has 0 spiro atoms. The van der Waals surface area contributed by atoms with Crippen molar-refractivity contribution >= 4 is 11.6 Å². The number of rotatable bonds is 4. The van der Waals surface area contributed by atoms with E-state index in [4.69, 9.17) is 14.6 Å². The minimum Gasteiger partial charge on any atom is -0.490 e. The van der Waals surface area contributed by atoms with Crippen molar-refractivity contribution < 1.29 is 14.3 Å². The lowest BCUT2D eigenvalue weighted by Crippen LogP contribution is -2.43. The molecule has 3 heterocycles. The third-order valence-electron chi connectivity index (χ3n) is 5.52. The van der Waals surface area contributed by atoms with Crippen molar-refractivity contribution in [3.63, 3.8) is 0 Å². The maximum Gasteiger partial charge on any atom is 0.258 e. The van der Waals surface area contributed by atoms with Gasteiger partial charge in [0, 0.05) is 43.0 Å². The summed E-state index contributed by atoms with van der Waals surface area (Å²) in [5.74, 6) is 1.42. The number of nitrogens with zero attached hydrogens (tertiary/aromatic N) is 3. The number of aromatic nitrogens is 2. The van der Waals surface area contributed by atoms with Crippen LogP contribution in [0.2, 0.25) is 0 Å². The summed E-state index contributed by atoms with van der Waals surface area (Å²) in [6.45, 7) is 5.52. The molecule has 0 aliphatic carbocycles. The van der Waals surface area contributed by atoms with Crippen LogP contribution in [0.4, 0.5) is 5.69 Å². The van der Waals surface area contributed by atoms with E-state index >= 15 is 0 Å². The number of para-hydroxylation sites is 1. The quantitative estimate of drug-likeness (QED) is 0.651. The van der Waals surface area contributed by atoms with Crippen LogP contribution in [0, 0.1) is 0 Å². The predicted octanol–water partition coefficient (Wildman–Crippen LogP) is 4.00. The molecule has 31 heavy (non-hydrogen) atoms. The van der Waals surface area contributed by atoms with Gasteiger partial charge in [-0.25, -0.2) is 0 Å². The molecule has 7 nitrogen and oxygen atoms in total. The summed E-state index contributed by atoms with van der Waals surface area (Å²) < 4.78 is 13.4. The van der Waals surface area contributed by atoms with Gasteiger partial charge in [-0.3, -0.25) is 9.48 Å². The van der Waals surface area contributed by atoms with E-state index in [0.29, 0.717) is 31.1 Å². The molecule has 3 aromatic rings. The number of carbonyl (C=O) groups excluding carboxylic acids is 1. The van der Waals surface area contributed by atoms with Crippen LogP contribution >= 0.6 is 0 Å². The van der Waals surface area contributed by atoms with Gasteiger partial charge in [0.25, 0.3) is 5.91 Å². The van der Waals surface area contributed by atoms with E-state index in [-0.39, 0.29) is 12.1 Å². The number of fused-ring (bicyclic) bond motifs is 2. The van der Waals surface area contributed by atoms with E-state index in [0.717, 1.165) is 34.7 Å². The van der Waals surface area contributed by atoms with Crippen LogP contribution in [0.3, 0.4) is 0 Å². The molecule has 0 radical (unpaired) electrons. The van der Waals surface area contributed by atoms with Crippen LogP contribution in [0.15, 0.2) is 61.3 Å². The van der Waals surface area contributed by atoms with E-state index < -0.39 is 0 Å². The average molecular weight is 416 g/mol. The van der Waals surface area contributed by atoms with Crippen LogP contribution in [0.5, 0.6) is 11.5 Å². The molecular weight excluding hydrogens is 392 g/mol. The summed E-state index contributed by atoms with van der Waals surface area (Å²) in [4.78, 5) is 15.0. The lowest BCUT2D eigenvalue weighted by molar-refractivity contribution is 0.0708. The third-order valence-corrected chi connectivity index (χ3v) is 5.52. The molecule has 1 amide bonds. The molecule has 0 saturated carbocycles. The molecular formula is C24H24N4O3. The van der Waals surface area contributed by atoms with Crippen molar-refractivity contribution in [2.75, 3.05) is 25.1 Å². The number of amides is 1. The zero-order valence-corrected chi connectivity index (χ0v) is 17.4. The first kappa shape index (κ1) is 19.2. The standard InChI is InChI=1S/C24H24N4O3/c1-3-11-28-23(25-19-8-5-4-7-17(19)24(28)29)18-15-27(2)26-22(18)16-9-10-20-21(14-16)31-13-6-12-30-20/h3-5,7-10,14-15,23,25H,1,6,11-13H2,2H3/t23-/m1/s1. The highest BCUT2D eigenvalue weighted by Crippen LogP contribution is 2.39. The molecule has 158 valence electrons. The number of carbonyl (C=O) groups is 1. The lowest BCUT2D eigenvalue weighted by Gasteiger charge is -2.37. The predicted molar refractivity (Wildman–Crippen MR) is 118 cm³/mol. The number of anilines is 1. The highest BCUT2D eigenvalue weighted by atomic mass is 16.5. The topological polar surface area (TPSA) is 68.6 Å². The number of hydrogen-bond acceptors (Lipinski definition) is 5. The van der Waals surface area contributed by atoms with Gasteiger partial charge in [-0.05, 0) is 30.3 Å². The van der Waals surface area contributed by atoms with E-state index in [1.165, 1.54) is 0 Å². The molecule has 0 saturated heterocycles. The van der Waals surface area contributed by atoms with Crippen LogP contribution in [-0.4, -0.2) is 40.3 Å².